The molecule has 7 heteroatoms. The third-order valence-electron chi connectivity index (χ3n) is 1.18. The Bertz CT molecular complexity index is 232. The van der Waals surface area contributed by atoms with E-state index in [2.05, 4.69) is 10.6 Å². The van der Waals surface area contributed by atoms with Gasteiger partial charge in [0.25, 0.3) is 0 Å². The fourth-order valence-electron chi connectivity index (χ4n) is 0.635. The molecular weight excluding hydrogens is 204 g/mol. The lowest BCUT2D eigenvalue weighted by molar-refractivity contribution is -0.120. The summed E-state index contributed by atoms with van der Waals surface area (Å²) in [5, 5.41) is 11.9. The van der Waals surface area contributed by atoms with Crippen molar-refractivity contribution in [3.05, 3.63) is 0 Å². The van der Waals surface area contributed by atoms with E-state index in [-0.39, 0.29) is 22.7 Å². The first-order valence-corrected chi connectivity index (χ1v) is 4.99. The van der Waals surface area contributed by atoms with E-state index in [0.29, 0.717) is 13.1 Å². The molecule has 0 aliphatic heterocycles. The summed E-state index contributed by atoms with van der Waals surface area (Å²) in [5.41, 5.74) is 5.04. The topological polar surface area (TPSA) is 108 Å². The third-order valence-corrected chi connectivity index (χ3v) is 1.90. The van der Waals surface area contributed by atoms with Crippen LogP contribution in [0, 0.1) is 5.41 Å². The van der Waals surface area contributed by atoms with Gasteiger partial charge in [-0.15, -0.1) is 0 Å². The van der Waals surface area contributed by atoms with Crippen LogP contribution >= 0.6 is 11.8 Å². The highest BCUT2D eigenvalue weighted by atomic mass is 32.2. The molecule has 0 saturated carbocycles. The predicted octanol–water partition coefficient (Wildman–Crippen LogP) is -1.13. The lowest BCUT2D eigenvalue weighted by atomic mass is 10.5. The van der Waals surface area contributed by atoms with Crippen LogP contribution in [0.25, 0.3) is 0 Å². The van der Waals surface area contributed by atoms with E-state index in [9.17, 15) is 9.59 Å². The minimum atomic E-state index is -0.199. The maximum absolute atomic E-state index is 11.0. The smallest absolute Gasteiger partial charge is 0.230 e. The molecule has 0 aromatic carbocycles. The van der Waals surface area contributed by atoms with Crippen molar-refractivity contribution >= 4 is 28.7 Å². The first-order chi connectivity index (χ1) is 6.52. The quantitative estimate of drug-likeness (QED) is 0.266. The minimum absolute atomic E-state index is 0.0815. The van der Waals surface area contributed by atoms with Gasteiger partial charge in [-0.2, -0.15) is 0 Å². The van der Waals surface area contributed by atoms with Gasteiger partial charge in [0, 0.05) is 20.0 Å². The van der Waals surface area contributed by atoms with E-state index < -0.39 is 0 Å². The van der Waals surface area contributed by atoms with Gasteiger partial charge in [0.15, 0.2) is 5.17 Å². The first-order valence-electron chi connectivity index (χ1n) is 4.00. The summed E-state index contributed by atoms with van der Waals surface area (Å²) in [4.78, 5) is 21.4. The van der Waals surface area contributed by atoms with Crippen LogP contribution in [0.4, 0.5) is 0 Å². The van der Waals surface area contributed by atoms with Crippen molar-refractivity contribution < 1.29 is 9.59 Å². The highest BCUT2D eigenvalue weighted by Gasteiger charge is 2.01. The molecule has 0 atom stereocenters. The molecule has 6 nitrogen and oxygen atoms in total. The second kappa shape index (κ2) is 7.19. The highest BCUT2D eigenvalue weighted by molar-refractivity contribution is 8.14. The number of carbonyl (C=O) groups excluding carboxylic acids is 2. The van der Waals surface area contributed by atoms with E-state index in [0.717, 1.165) is 11.8 Å². The van der Waals surface area contributed by atoms with Crippen LogP contribution in [0.2, 0.25) is 0 Å². The largest absolute Gasteiger partial charge is 0.379 e. The van der Waals surface area contributed by atoms with Crippen molar-refractivity contribution in [2.24, 2.45) is 5.73 Å². The molecule has 0 aliphatic carbocycles. The molecule has 0 aromatic heterocycles. The molecule has 0 aliphatic rings. The number of amidine groups is 1. The van der Waals surface area contributed by atoms with E-state index in [1.165, 1.54) is 6.92 Å². The molecule has 0 heterocycles. The van der Waals surface area contributed by atoms with Gasteiger partial charge in [0.05, 0.1) is 5.75 Å². The summed E-state index contributed by atoms with van der Waals surface area (Å²) in [5.74, 6) is -0.192. The van der Waals surface area contributed by atoms with E-state index in [1.54, 1.807) is 0 Å². The molecule has 14 heavy (non-hydrogen) atoms. The standard InChI is InChI=1S/C7H14N4O2S/c1-5(12)10-2-3-11-6(13)4-14-7(8)9/h2-4H2,1H3,(H3,8,9)(H,10,12)(H,11,13). The Hall–Kier alpha value is -1.24. The molecular formula is C7H14N4O2S. The summed E-state index contributed by atoms with van der Waals surface area (Å²) in [6.07, 6.45) is 0. The second-order valence-corrected chi connectivity index (χ2v) is 3.50. The molecule has 0 saturated heterocycles. The van der Waals surface area contributed by atoms with Crippen molar-refractivity contribution in [3.63, 3.8) is 0 Å². The van der Waals surface area contributed by atoms with Crippen molar-refractivity contribution in [1.82, 2.24) is 10.6 Å². The number of hydrogen-bond acceptors (Lipinski definition) is 4. The Morgan fingerprint density at radius 2 is 1.93 bits per heavy atom. The number of hydrogen-bond donors (Lipinski definition) is 4. The average molecular weight is 218 g/mol. The zero-order chi connectivity index (χ0) is 11.0. The molecule has 0 unspecified atom stereocenters. The van der Waals surface area contributed by atoms with Gasteiger partial charge < -0.3 is 16.4 Å². The van der Waals surface area contributed by atoms with Gasteiger partial charge in [0.1, 0.15) is 0 Å². The molecule has 0 aromatic rings. The molecule has 0 bridgehead atoms. The molecule has 0 radical (unpaired) electrons. The van der Waals surface area contributed by atoms with Crippen LogP contribution in [-0.2, 0) is 9.59 Å². The first kappa shape index (κ1) is 12.8. The number of amides is 2. The van der Waals surface area contributed by atoms with Crippen molar-refractivity contribution in [2.75, 3.05) is 18.8 Å². The zero-order valence-electron chi connectivity index (χ0n) is 7.92. The van der Waals surface area contributed by atoms with Crippen LogP contribution in [0.1, 0.15) is 6.92 Å². The maximum atomic E-state index is 11.0. The summed E-state index contributed by atoms with van der Waals surface area (Å²) in [6, 6.07) is 0. The van der Waals surface area contributed by atoms with E-state index in [1.807, 2.05) is 0 Å². The van der Waals surface area contributed by atoms with Crippen LogP contribution in [-0.4, -0.2) is 35.8 Å². The average Bonchev–Trinajstić information content (AvgIpc) is 2.08. The molecule has 2 amide bonds. The molecule has 0 rings (SSSR count). The molecule has 0 spiro atoms. The number of carbonyl (C=O) groups is 2. The SMILES string of the molecule is CC(=O)NCCNC(=O)CSC(=N)N. The lowest BCUT2D eigenvalue weighted by Gasteiger charge is -2.04. The van der Waals surface area contributed by atoms with Crippen LogP contribution < -0.4 is 16.4 Å². The van der Waals surface area contributed by atoms with Gasteiger partial charge in [-0.3, -0.25) is 15.0 Å². The summed E-state index contributed by atoms with van der Waals surface area (Å²) in [6.45, 7) is 2.20. The Morgan fingerprint density at radius 3 is 2.43 bits per heavy atom. The van der Waals surface area contributed by atoms with Gasteiger partial charge >= 0.3 is 0 Å². The molecule has 0 fully saturated rings. The Labute approximate surface area is 86.5 Å². The van der Waals surface area contributed by atoms with Crippen molar-refractivity contribution in [3.8, 4) is 0 Å². The Kier molecular flexibility index (Phi) is 6.55. The maximum Gasteiger partial charge on any atom is 0.230 e. The zero-order valence-corrected chi connectivity index (χ0v) is 8.74. The van der Waals surface area contributed by atoms with Gasteiger partial charge in [-0.25, -0.2) is 0 Å². The predicted molar refractivity (Wildman–Crippen MR) is 56.1 cm³/mol. The summed E-state index contributed by atoms with van der Waals surface area (Å²) in [7, 11) is 0. The normalized spacial score (nSPS) is 9.21. The Balaban J connectivity index is 3.36. The molecule has 80 valence electrons. The van der Waals surface area contributed by atoms with Gasteiger partial charge in [-0.1, -0.05) is 11.8 Å². The number of rotatable bonds is 5. The monoisotopic (exact) mass is 218 g/mol. The van der Waals surface area contributed by atoms with Crippen LogP contribution in [0.3, 0.4) is 0 Å². The fourth-order valence-corrected chi connectivity index (χ4v) is 1.02. The number of nitrogens with two attached hydrogens (primary N) is 1. The lowest BCUT2D eigenvalue weighted by Crippen LogP contribution is -2.34. The summed E-state index contributed by atoms with van der Waals surface area (Å²) < 4.78 is 0. The van der Waals surface area contributed by atoms with Crippen LogP contribution in [0.5, 0.6) is 0 Å². The minimum Gasteiger partial charge on any atom is -0.379 e. The van der Waals surface area contributed by atoms with Crippen molar-refractivity contribution in [1.29, 1.82) is 5.41 Å². The van der Waals surface area contributed by atoms with Crippen LogP contribution in [0.15, 0.2) is 0 Å². The van der Waals surface area contributed by atoms with Crippen molar-refractivity contribution in [2.45, 2.75) is 6.92 Å². The number of nitrogens with one attached hydrogen (secondary N) is 3. The molecule has 5 N–H and O–H groups in total. The summed E-state index contributed by atoms with van der Waals surface area (Å²) >= 11 is 0.965. The van der Waals surface area contributed by atoms with E-state index in [4.69, 9.17) is 11.1 Å². The Morgan fingerprint density at radius 1 is 1.36 bits per heavy atom. The van der Waals surface area contributed by atoms with E-state index >= 15 is 0 Å². The fraction of sp³-hybridized carbons (Fsp3) is 0.571. The number of thioether (sulfide) groups is 1. The third kappa shape index (κ3) is 8.85. The van der Waals surface area contributed by atoms with Gasteiger partial charge in [-0.05, 0) is 0 Å². The highest BCUT2D eigenvalue weighted by Crippen LogP contribution is 1.95. The second-order valence-electron chi connectivity index (χ2n) is 2.49. The van der Waals surface area contributed by atoms with Gasteiger partial charge in [0.2, 0.25) is 11.8 Å².